The van der Waals surface area contributed by atoms with Gasteiger partial charge in [-0.25, -0.2) is 4.98 Å². The van der Waals surface area contributed by atoms with Crippen molar-refractivity contribution in [1.29, 1.82) is 0 Å². The third-order valence-electron chi connectivity index (χ3n) is 9.73. The molecule has 4 bridgehead atoms. The molecule has 1 amide bonds. The second kappa shape index (κ2) is 10.6. The first kappa shape index (κ1) is 27.3. The summed E-state index contributed by atoms with van der Waals surface area (Å²) in [6, 6.07) is 12.6. The highest BCUT2D eigenvalue weighted by molar-refractivity contribution is 6.34. The summed E-state index contributed by atoms with van der Waals surface area (Å²) in [5, 5.41) is 22.0. The Kier molecular flexibility index (Phi) is 6.92. The van der Waals surface area contributed by atoms with Crippen molar-refractivity contribution in [3.8, 4) is 22.9 Å². The molecule has 42 heavy (non-hydrogen) atoms. The van der Waals surface area contributed by atoms with E-state index in [9.17, 15) is 9.90 Å². The van der Waals surface area contributed by atoms with Crippen molar-refractivity contribution in [3.63, 3.8) is 0 Å². The molecule has 2 aromatic carbocycles. The summed E-state index contributed by atoms with van der Waals surface area (Å²) in [5.41, 5.74) is 4.14. The lowest BCUT2D eigenvalue weighted by molar-refractivity contribution is -0.122. The Morgan fingerprint density at radius 1 is 1.17 bits per heavy atom. The van der Waals surface area contributed by atoms with Crippen LogP contribution in [0.4, 0.5) is 5.69 Å². The minimum atomic E-state index is -0.733. The Balaban J connectivity index is 1.06. The van der Waals surface area contributed by atoms with Gasteiger partial charge in [0.2, 0.25) is 0 Å². The maximum Gasteiger partial charge on any atom is 0.265 e. The van der Waals surface area contributed by atoms with Gasteiger partial charge >= 0.3 is 0 Å². The molecule has 0 radical (unpaired) electrons. The number of nitrogens with zero attached hydrogens (tertiary/aromatic N) is 3. The van der Waals surface area contributed by atoms with Gasteiger partial charge in [-0.05, 0) is 112 Å². The van der Waals surface area contributed by atoms with Crippen molar-refractivity contribution in [2.75, 3.05) is 5.32 Å². The average Bonchev–Trinajstić information content (AvgIpc) is 3.52. The van der Waals surface area contributed by atoms with Gasteiger partial charge in [-0.1, -0.05) is 37.1 Å². The third-order valence-corrected chi connectivity index (χ3v) is 10.1. The molecule has 8 rings (SSSR count). The summed E-state index contributed by atoms with van der Waals surface area (Å²) in [4.78, 5) is 17.8. The number of aromatic hydroxyl groups is 1. The number of aryl methyl sites for hydroxylation is 1. The van der Waals surface area contributed by atoms with Gasteiger partial charge in [-0.3, -0.25) is 9.89 Å². The Morgan fingerprint density at radius 3 is 2.60 bits per heavy atom. The summed E-state index contributed by atoms with van der Waals surface area (Å²) in [7, 11) is 0. The number of hydrogen-bond donors (Lipinski definition) is 3. The minimum absolute atomic E-state index is 0.133. The molecular weight excluding hydrogens is 550 g/mol. The van der Waals surface area contributed by atoms with Crippen LogP contribution in [0.25, 0.3) is 17.0 Å². The largest absolute Gasteiger partial charge is 0.508 e. The van der Waals surface area contributed by atoms with Crippen LogP contribution < -0.4 is 10.1 Å². The summed E-state index contributed by atoms with van der Waals surface area (Å²) < 4.78 is 7.63. The topological polar surface area (TPSA) is 105 Å². The van der Waals surface area contributed by atoms with E-state index in [0.717, 1.165) is 53.8 Å². The number of fused-ring (bicyclic) bond motifs is 1. The van der Waals surface area contributed by atoms with Gasteiger partial charge in [0.25, 0.3) is 5.91 Å². The predicted octanol–water partition coefficient (Wildman–Crippen LogP) is 7.30. The number of aromatic nitrogens is 4. The minimum Gasteiger partial charge on any atom is -0.508 e. The lowest BCUT2D eigenvalue weighted by atomic mass is 9.49. The molecule has 4 aliphatic carbocycles. The van der Waals surface area contributed by atoms with E-state index in [1.807, 2.05) is 24.3 Å². The second-order valence-corrected chi connectivity index (χ2v) is 13.3. The van der Waals surface area contributed by atoms with Crippen molar-refractivity contribution < 1.29 is 14.6 Å². The summed E-state index contributed by atoms with van der Waals surface area (Å²) in [6.07, 6.45) is 9.82. The highest BCUT2D eigenvalue weighted by Crippen LogP contribution is 2.61. The number of anilines is 1. The van der Waals surface area contributed by atoms with E-state index < -0.39 is 6.10 Å². The van der Waals surface area contributed by atoms with Gasteiger partial charge in [0.15, 0.2) is 17.6 Å². The second-order valence-electron chi connectivity index (χ2n) is 12.9. The van der Waals surface area contributed by atoms with Gasteiger partial charge in [0, 0.05) is 16.7 Å². The fourth-order valence-electron chi connectivity index (χ4n) is 8.13. The molecule has 0 aliphatic heterocycles. The molecule has 3 N–H and O–H groups in total. The number of unbranched alkanes of at least 4 members (excludes halogenated alkanes) is 1. The maximum atomic E-state index is 13.0. The van der Waals surface area contributed by atoms with Crippen LogP contribution in [0.15, 0.2) is 42.5 Å². The highest BCUT2D eigenvalue weighted by atomic mass is 35.5. The molecule has 1 atom stereocenters. The monoisotopic (exact) mass is 587 g/mol. The van der Waals surface area contributed by atoms with E-state index >= 15 is 0 Å². The number of nitrogens with one attached hydrogen (secondary N) is 2. The first-order valence-corrected chi connectivity index (χ1v) is 15.7. The molecule has 2 aromatic heterocycles. The van der Waals surface area contributed by atoms with E-state index in [2.05, 4.69) is 17.3 Å². The molecule has 4 fully saturated rings. The first-order chi connectivity index (χ1) is 20.3. The molecule has 2 heterocycles. The van der Waals surface area contributed by atoms with Crippen LogP contribution in [0.3, 0.4) is 0 Å². The smallest absolute Gasteiger partial charge is 0.265 e. The van der Waals surface area contributed by atoms with Gasteiger partial charge in [-0.2, -0.15) is 4.63 Å². The van der Waals surface area contributed by atoms with Gasteiger partial charge < -0.3 is 15.2 Å². The van der Waals surface area contributed by atoms with Crippen molar-refractivity contribution in [1.82, 2.24) is 19.8 Å². The number of H-pyrrole nitrogens is 1. The lowest BCUT2D eigenvalue weighted by Crippen LogP contribution is -2.48. The summed E-state index contributed by atoms with van der Waals surface area (Å²) in [6.45, 7) is 3.82. The number of amides is 1. The van der Waals surface area contributed by atoms with E-state index in [1.54, 1.807) is 29.8 Å². The van der Waals surface area contributed by atoms with E-state index in [1.165, 1.54) is 38.5 Å². The number of benzene rings is 2. The summed E-state index contributed by atoms with van der Waals surface area (Å²) in [5.74, 6) is 3.54. The zero-order chi connectivity index (χ0) is 29.0. The molecule has 8 nitrogen and oxygen atoms in total. The fraction of sp³-hybridized carbons (Fsp3) is 0.485. The molecular formula is C33H38ClN5O3. The van der Waals surface area contributed by atoms with E-state index in [4.69, 9.17) is 26.4 Å². The van der Waals surface area contributed by atoms with E-state index in [-0.39, 0.29) is 17.1 Å². The van der Waals surface area contributed by atoms with Crippen LogP contribution in [0.2, 0.25) is 5.02 Å². The van der Waals surface area contributed by atoms with Crippen LogP contribution in [-0.4, -0.2) is 36.9 Å². The number of aromatic amines is 1. The quantitative estimate of drug-likeness (QED) is 0.191. The lowest BCUT2D eigenvalue weighted by Gasteiger charge is -2.56. The Bertz CT molecular complexity index is 1610. The van der Waals surface area contributed by atoms with Crippen LogP contribution >= 0.6 is 11.6 Å². The number of halogens is 1. The standard InChI is InChI=1S/C33H38ClN5O3/c1-3-4-6-23-15-26(9-10-27(23)40)42-19(2)32(41)35-25-8-5-7-24(14-25)30-36-31-28(34)29(37-39(31)38-30)33-16-20-11-21(17-33)13-22(12-20)18-33/h5,7-10,14-15,19-22,37,40H,3-4,6,11-13,16-18H2,1-2H3,(H,35,41). The number of phenolic OH excluding ortho intramolecular Hbond substituents is 1. The number of rotatable bonds is 9. The molecule has 0 saturated heterocycles. The fourth-order valence-corrected chi connectivity index (χ4v) is 8.49. The van der Waals surface area contributed by atoms with Gasteiger partial charge in [0.1, 0.15) is 16.5 Å². The molecule has 9 heteroatoms. The number of hydrogen-bond acceptors (Lipinski definition) is 5. The van der Waals surface area contributed by atoms with E-state index in [0.29, 0.717) is 27.9 Å². The number of carbonyl (C=O) groups excluding carboxylic acids is 1. The zero-order valence-electron chi connectivity index (χ0n) is 24.2. The van der Waals surface area contributed by atoms with Crippen LogP contribution in [0.5, 0.6) is 11.5 Å². The molecule has 4 saturated carbocycles. The molecule has 0 spiro atoms. The SMILES string of the molecule is CCCCc1cc(OC(C)C(=O)Nc2cccc(-c3nc4c(Cl)c(C56CC7CC(CC(C7)C5)C6)[nH]n4n3)c2)ccc1O. The Labute approximate surface area is 250 Å². The number of ether oxygens (including phenoxy) is 1. The third kappa shape index (κ3) is 4.93. The predicted molar refractivity (Wildman–Crippen MR) is 163 cm³/mol. The van der Waals surface area contributed by atoms with Gasteiger partial charge in [-0.15, -0.1) is 5.10 Å². The van der Waals surface area contributed by atoms with Crippen molar-refractivity contribution in [2.24, 2.45) is 17.8 Å². The summed E-state index contributed by atoms with van der Waals surface area (Å²) >= 11 is 7.00. The first-order valence-electron chi connectivity index (χ1n) is 15.3. The maximum absolute atomic E-state index is 13.0. The molecule has 4 aromatic rings. The molecule has 1 unspecified atom stereocenters. The van der Waals surface area contributed by atoms with Crippen LogP contribution in [0.1, 0.15) is 76.5 Å². The number of carbonyl (C=O) groups is 1. The van der Waals surface area contributed by atoms with Crippen LogP contribution in [0, 0.1) is 17.8 Å². The number of phenols is 1. The Hall–Kier alpha value is -3.52. The van der Waals surface area contributed by atoms with Crippen molar-refractivity contribution >= 4 is 28.8 Å². The highest BCUT2D eigenvalue weighted by Gasteiger charge is 2.53. The zero-order valence-corrected chi connectivity index (χ0v) is 25.0. The molecule has 220 valence electrons. The normalized spacial score (nSPS) is 25.2. The van der Waals surface area contributed by atoms with Crippen LogP contribution in [-0.2, 0) is 16.6 Å². The van der Waals surface area contributed by atoms with Gasteiger partial charge in [0.05, 0.1) is 5.69 Å². The average molecular weight is 588 g/mol. The Morgan fingerprint density at radius 2 is 1.90 bits per heavy atom. The van der Waals surface area contributed by atoms with Crippen molar-refractivity contribution in [2.45, 2.75) is 83.2 Å². The molecule has 4 aliphatic rings. The van der Waals surface area contributed by atoms with Crippen molar-refractivity contribution in [3.05, 3.63) is 58.7 Å².